The average molecular weight is 237 g/mol. The predicted molar refractivity (Wildman–Crippen MR) is 53.0 cm³/mol. The molecule has 0 aromatic heterocycles. The second kappa shape index (κ2) is 4.46. The zero-order chi connectivity index (χ0) is 11.6. The van der Waals surface area contributed by atoms with Gasteiger partial charge in [-0.3, -0.25) is 4.79 Å². The van der Waals surface area contributed by atoms with Crippen molar-refractivity contribution in [2.75, 3.05) is 18.8 Å². The van der Waals surface area contributed by atoms with Crippen molar-refractivity contribution in [1.82, 2.24) is 4.31 Å². The highest BCUT2D eigenvalue weighted by Crippen LogP contribution is 2.14. The lowest BCUT2D eigenvalue weighted by Gasteiger charge is -2.34. The number of carboxylic acid groups (broad SMARTS) is 1. The SMILES string of the molecule is CC1CN(S(=O)(=O)CC(=O)O)CC(C)O1. The molecule has 1 N–H and O–H groups in total. The third-order valence-electron chi connectivity index (χ3n) is 2.09. The van der Waals surface area contributed by atoms with Crippen LogP contribution < -0.4 is 0 Å². The number of sulfonamides is 1. The molecule has 88 valence electrons. The quantitative estimate of drug-likeness (QED) is 0.716. The lowest BCUT2D eigenvalue weighted by Crippen LogP contribution is -2.49. The van der Waals surface area contributed by atoms with Gasteiger partial charge in [0.15, 0.2) is 5.75 Å². The summed E-state index contributed by atoms with van der Waals surface area (Å²) in [5.74, 6) is -2.19. The van der Waals surface area contributed by atoms with Gasteiger partial charge in [0.25, 0.3) is 0 Å². The van der Waals surface area contributed by atoms with Crippen molar-refractivity contribution in [3.8, 4) is 0 Å². The monoisotopic (exact) mass is 237 g/mol. The number of carboxylic acids is 1. The van der Waals surface area contributed by atoms with Gasteiger partial charge in [-0.25, -0.2) is 8.42 Å². The van der Waals surface area contributed by atoms with E-state index in [1.54, 1.807) is 13.8 Å². The molecule has 1 aliphatic heterocycles. The van der Waals surface area contributed by atoms with E-state index in [9.17, 15) is 13.2 Å². The molecule has 7 heteroatoms. The minimum absolute atomic E-state index is 0.197. The van der Waals surface area contributed by atoms with Crippen molar-refractivity contribution in [3.63, 3.8) is 0 Å². The molecule has 0 aliphatic carbocycles. The van der Waals surface area contributed by atoms with Crippen molar-refractivity contribution >= 4 is 16.0 Å². The first-order valence-electron chi connectivity index (χ1n) is 4.66. The fourth-order valence-electron chi connectivity index (χ4n) is 1.61. The standard InChI is InChI=1S/C8H15NO5S/c1-6-3-9(4-7(2)14-6)15(12,13)5-8(10)11/h6-7H,3-5H2,1-2H3,(H,10,11). The molecule has 6 nitrogen and oxygen atoms in total. The molecule has 1 fully saturated rings. The minimum Gasteiger partial charge on any atom is -0.480 e. The first-order valence-corrected chi connectivity index (χ1v) is 6.27. The molecule has 2 unspecified atom stereocenters. The van der Waals surface area contributed by atoms with E-state index in [-0.39, 0.29) is 25.3 Å². The van der Waals surface area contributed by atoms with Crippen LogP contribution in [0.1, 0.15) is 13.8 Å². The molecule has 0 aromatic carbocycles. The van der Waals surface area contributed by atoms with Gasteiger partial charge in [-0.1, -0.05) is 0 Å². The molecular formula is C8H15NO5S. The van der Waals surface area contributed by atoms with Crippen molar-refractivity contribution in [3.05, 3.63) is 0 Å². The van der Waals surface area contributed by atoms with Crippen LogP contribution in [0.3, 0.4) is 0 Å². The third-order valence-corrected chi connectivity index (χ3v) is 3.78. The van der Waals surface area contributed by atoms with Gasteiger partial charge in [0.1, 0.15) is 0 Å². The second-order valence-corrected chi connectivity index (χ2v) is 5.69. The highest BCUT2D eigenvalue weighted by atomic mass is 32.2. The van der Waals surface area contributed by atoms with Crippen molar-refractivity contribution in [2.24, 2.45) is 0 Å². The van der Waals surface area contributed by atoms with Crippen molar-refractivity contribution in [2.45, 2.75) is 26.1 Å². The molecule has 1 rings (SSSR count). The summed E-state index contributed by atoms with van der Waals surface area (Å²) in [4.78, 5) is 10.4. The Morgan fingerprint density at radius 2 is 1.87 bits per heavy atom. The summed E-state index contributed by atoms with van der Waals surface area (Å²) >= 11 is 0. The molecule has 1 heterocycles. The van der Waals surface area contributed by atoms with Crippen LogP contribution >= 0.6 is 0 Å². The summed E-state index contributed by atoms with van der Waals surface area (Å²) in [5, 5.41) is 8.47. The number of hydrogen-bond acceptors (Lipinski definition) is 4. The Bertz CT molecular complexity index is 329. The minimum atomic E-state index is -3.69. The van der Waals surface area contributed by atoms with Gasteiger partial charge in [0.2, 0.25) is 10.0 Å². The maximum atomic E-state index is 11.6. The Kier molecular flexibility index (Phi) is 3.69. The summed E-state index contributed by atoms with van der Waals surface area (Å²) in [6.07, 6.45) is -0.394. The lowest BCUT2D eigenvalue weighted by molar-refractivity contribution is -0.134. The van der Waals surface area contributed by atoms with Gasteiger partial charge in [-0.2, -0.15) is 4.31 Å². The smallest absolute Gasteiger partial charge is 0.320 e. The fraction of sp³-hybridized carbons (Fsp3) is 0.875. The first-order chi connectivity index (χ1) is 6.81. The fourth-order valence-corrected chi connectivity index (χ4v) is 2.97. The van der Waals surface area contributed by atoms with E-state index in [0.717, 1.165) is 0 Å². The van der Waals surface area contributed by atoms with Crippen molar-refractivity contribution in [1.29, 1.82) is 0 Å². The predicted octanol–water partition coefficient (Wildman–Crippen LogP) is -0.490. The van der Waals surface area contributed by atoms with E-state index in [1.807, 2.05) is 0 Å². The topological polar surface area (TPSA) is 83.9 Å². The molecule has 2 atom stereocenters. The molecule has 0 bridgehead atoms. The van der Waals surface area contributed by atoms with Gasteiger partial charge >= 0.3 is 5.97 Å². The number of carbonyl (C=O) groups is 1. The normalized spacial score (nSPS) is 28.9. The molecule has 1 saturated heterocycles. The van der Waals surface area contributed by atoms with Crippen LogP contribution in [0.5, 0.6) is 0 Å². The highest BCUT2D eigenvalue weighted by molar-refractivity contribution is 7.89. The van der Waals surface area contributed by atoms with Crippen LogP contribution in [0.25, 0.3) is 0 Å². The number of hydrogen-bond donors (Lipinski definition) is 1. The van der Waals surface area contributed by atoms with Gasteiger partial charge < -0.3 is 9.84 Å². The Balaban J connectivity index is 2.74. The van der Waals surface area contributed by atoms with E-state index in [0.29, 0.717) is 0 Å². The number of nitrogens with zero attached hydrogens (tertiary/aromatic N) is 1. The molecule has 1 aliphatic rings. The zero-order valence-electron chi connectivity index (χ0n) is 8.71. The van der Waals surface area contributed by atoms with Crippen LogP contribution in [-0.2, 0) is 19.6 Å². The summed E-state index contributed by atoms with van der Waals surface area (Å²) in [7, 11) is -3.69. The third kappa shape index (κ3) is 3.44. The summed E-state index contributed by atoms with van der Waals surface area (Å²) < 4.78 is 29.7. The maximum absolute atomic E-state index is 11.6. The van der Waals surface area contributed by atoms with E-state index >= 15 is 0 Å². The molecular weight excluding hydrogens is 222 g/mol. The number of rotatable bonds is 3. The van der Waals surface area contributed by atoms with Gasteiger partial charge in [-0.15, -0.1) is 0 Å². The van der Waals surface area contributed by atoms with Crippen LogP contribution in [0.15, 0.2) is 0 Å². The largest absolute Gasteiger partial charge is 0.480 e. The Morgan fingerprint density at radius 1 is 1.40 bits per heavy atom. The Hall–Kier alpha value is -0.660. The number of morpholine rings is 1. The molecule has 0 saturated carbocycles. The first kappa shape index (κ1) is 12.4. The summed E-state index contributed by atoms with van der Waals surface area (Å²) in [5.41, 5.74) is 0. The van der Waals surface area contributed by atoms with Crippen LogP contribution in [0.2, 0.25) is 0 Å². The summed E-state index contributed by atoms with van der Waals surface area (Å²) in [6.45, 7) is 3.97. The molecule has 0 radical (unpaired) electrons. The molecule has 0 aromatic rings. The second-order valence-electron chi connectivity index (χ2n) is 3.72. The maximum Gasteiger partial charge on any atom is 0.320 e. The molecule has 0 spiro atoms. The van der Waals surface area contributed by atoms with Gasteiger partial charge in [0.05, 0.1) is 12.2 Å². The molecule has 0 amide bonds. The lowest BCUT2D eigenvalue weighted by atomic mass is 10.3. The zero-order valence-corrected chi connectivity index (χ0v) is 9.53. The van der Waals surface area contributed by atoms with E-state index in [1.165, 1.54) is 4.31 Å². The molecule has 15 heavy (non-hydrogen) atoms. The summed E-state index contributed by atoms with van der Waals surface area (Å²) in [6, 6.07) is 0. The van der Waals surface area contributed by atoms with E-state index < -0.39 is 21.7 Å². The van der Waals surface area contributed by atoms with Gasteiger partial charge in [0, 0.05) is 13.1 Å². The Morgan fingerprint density at radius 3 is 2.27 bits per heavy atom. The van der Waals surface area contributed by atoms with Crippen molar-refractivity contribution < 1.29 is 23.1 Å². The highest BCUT2D eigenvalue weighted by Gasteiger charge is 2.32. The number of aliphatic carboxylic acids is 1. The van der Waals surface area contributed by atoms with E-state index in [2.05, 4.69) is 0 Å². The average Bonchev–Trinajstić information content (AvgIpc) is 1.99. The van der Waals surface area contributed by atoms with E-state index in [4.69, 9.17) is 9.84 Å². The van der Waals surface area contributed by atoms with Crippen LogP contribution in [0, 0.1) is 0 Å². The van der Waals surface area contributed by atoms with Crippen LogP contribution in [-0.4, -0.2) is 54.8 Å². The van der Waals surface area contributed by atoms with Crippen LogP contribution in [0.4, 0.5) is 0 Å². The number of ether oxygens (including phenoxy) is 1. The Labute approximate surface area is 88.9 Å². The van der Waals surface area contributed by atoms with Gasteiger partial charge in [-0.05, 0) is 13.8 Å².